The topological polar surface area (TPSA) is 80.1 Å². The molecule has 0 N–H and O–H groups in total. The first-order valence-electron chi connectivity index (χ1n) is 7.36. The van der Waals surface area contributed by atoms with Crippen LogP contribution in [0, 0.1) is 10.1 Å². The minimum atomic E-state index is -0.681. The van der Waals surface area contributed by atoms with Crippen LogP contribution in [0.15, 0.2) is 30.3 Å². The zero-order valence-electron chi connectivity index (χ0n) is 13.2. The van der Waals surface area contributed by atoms with Crippen molar-refractivity contribution in [1.29, 1.82) is 0 Å². The summed E-state index contributed by atoms with van der Waals surface area (Å²) in [5.74, 6) is -0.681. The standard InChI is InChI=1S/C16H19NO6/c1-16(2)22-14-13(20-3)12(21-15(14)23-16)9-6-10-4-7-11(8-5-10)17(18)19/h4-9,12-15H,1-3H3/b9-6+/t12-,13+,14-,15-/m1/s1. The van der Waals surface area contributed by atoms with Gasteiger partial charge in [0.1, 0.15) is 18.3 Å². The normalized spacial score (nSPS) is 32.3. The Kier molecular flexibility index (Phi) is 4.20. The van der Waals surface area contributed by atoms with Crippen LogP contribution in [0.3, 0.4) is 0 Å². The van der Waals surface area contributed by atoms with Gasteiger partial charge in [-0.2, -0.15) is 0 Å². The van der Waals surface area contributed by atoms with E-state index in [1.165, 1.54) is 12.1 Å². The van der Waals surface area contributed by atoms with E-state index in [4.69, 9.17) is 18.9 Å². The van der Waals surface area contributed by atoms with E-state index >= 15 is 0 Å². The molecule has 0 aliphatic carbocycles. The number of non-ortho nitro benzene ring substituents is 1. The second kappa shape index (κ2) is 6.01. The van der Waals surface area contributed by atoms with Crippen molar-refractivity contribution < 1.29 is 23.9 Å². The molecule has 0 unspecified atom stereocenters. The first-order valence-corrected chi connectivity index (χ1v) is 7.36. The Labute approximate surface area is 133 Å². The molecule has 0 spiro atoms. The van der Waals surface area contributed by atoms with Gasteiger partial charge >= 0.3 is 0 Å². The minimum absolute atomic E-state index is 0.0626. The van der Waals surface area contributed by atoms with Gasteiger partial charge in [-0.1, -0.05) is 12.2 Å². The lowest BCUT2D eigenvalue weighted by molar-refractivity contribution is -0.384. The number of benzene rings is 1. The summed E-state index contributed by atoms with van der Waals surface area (Å²) in [6.45, 7) is 3.67. The molecular formula is C16H19NO6. The van der Waals surface area contributed by atoms with Crippen LogP contribution in [0.5, 0.6) is 0 Å². The van der Waals surface area contributed by atoms with Gasteiger partial charge in [0.15, 0.2) is 12.1 Å². The SMILES string of the molecule is CO[C@@H]1[C@H]2OC(C)(C)O[C@H]2O[C@@H]1/C=C/c1ccc([N+](=O)[O-])cc1. The van der Waals surface area contributed by atoms with Gasteiger partial charge in [0.05, 0.1) is 4.92 Å². The van der Waals surface area contributed by atoms with E-state index in [1.54, 1.807) is 19.2 Å². The zero-order chi connectivity index (χ0) is 16.6. The van der Waals surface area contributed by atoms with Crippen molar-refractivity contribution in [2.45, 2.75) is 44.2 Å². The van der Waals surface area contributed by atoms with E-state index in [0.717, 1.165) is 5.56 Å². The largest absolute Gasteiger partial charge is 0.375 e. The number of ether oxygens (including phenoxy) is 4. The van der Waals surface area contributed by atoms with Gasteiger partial charge in [0.25, 0.3) is 5.69 Å². The fourth-order valence-corrected chi connectivity index (χ4v) is 2.84. The summed E-state index contributed by atoms with van der Waals surface area (Å²) in [6.07, 6.45) is 2.39. The third kappa shape index (κ3) is 3.28. The molecule has 1 aromatic rings. The number of nitro benzene ring substituents is 1. The number of hydrogen-bond acceptors (Lipinski definition) is 6. The highest BCUT2D eigenvalue weighted by Gasteiger charge is 2.54. The Hall–Kier alpha value is -1.80. The van der Waals surface area contributed by atoms with Gasteiger partial charge in [0.2, 0.25) is 0 Å². The predicted molar refractivity (Wildman–Crippen MR) is 81.6 cm³/mol. The summed E-state index contributed by atoms with van der Waals surface area (Å²) in [5, 5.41) is 10.6. The summed E-state index contributed by atoms with van der Waals surface area (Å²) >= 11 is 0. The first-order chi connectivity index (χ1) is 10.9. The molecule has 124 valence electrons. The monoisotopic (exact) mass is 321 g/mol. The molecule has 0 bridgehead atoms. The summed E-state index contributed by atoms with van der Waals surface area (Å²) < 4.78 is 22.9. The smallest absolute Gasteiger partial charge is 0.269 e. The fraction of sp³-hybridized carbons (Fsp3) is 0.500. The Morgan fingerprint density at radius 2 is 1.96 bits per heavy atom. The van der Waals surface area contributed by atoms with Crippen LogP contribution >= 0.6 is 0 Å². The summed E-state index contributed by atoms with van der Waals surface area (Å²) in [4.78, 5) is 10.2. The molecule has 23 heavy (non-hydrogen) atoms. The predicted octanol–water partition coefficient (Wildman–Crippen LogP) is 2.50. The molecule has 3 rings (SSSR count). The number of hydrogen-bond donors (Lipinski definition) is 0. The Morgan fingerprint density at radius 1 is 1.26 bits per heavy atom. The third-order valence-corrected chi connectivity index (χ3v) is 3.88. The summed E-state index contributed by atoms with van der Waals surface area (Å²) in [5.41, 5.74) is 0.904. The minimum Gasteiger partial charge on any atom is -0.375 e. The van der Waals surface area contributed by atoms with Crippen molar-refractivity contribution in [1.82, 2.24) is 0 Å². The molecule has 0 radical (unpaired) electrons. The molecule has 2 fully saturated rings. The maximum atomic E-state index is 10.6. The third-order valence-electron chi connectivity index (χ3n) is 3.88. The van der Waals surface area contributed by atoms with Crippen molar-refractivity contribution in [2.24, 2.45) is 0 Å². The molecule has 2 aliphatic heterocycles. The maximum Gasteiger partial charge on any atom is 0.269 e. The summed E-state index contributed by atoms with van der Waals surface area (Å²) in [6, 6.07) is 6.30. The van der Waals surface area contributed by atoms with E-state index in [1.807, 2.05) is 26.0 Å². The highest BCUT2D eigenvalue weighted by atomic mass is 16.8. The van der Waals surface area contributed by atoms with E-state index in [0.29, 0.717) is 0 Å². The maximum absolute atomic E-state index is 10.6. The van der Waals surface area contributed by atoms with Gasteiger partial charge in [0, 0.05) is 19.2 Å². The van der Waals surface area contributed by atoms with Gasteiger partial charge in [-0.3, -0.25) is 10.1 Å². The van der Waals surface area contributed by atoms with E-state index in [9.17, 15) is 10.1 Å². The number of nitrogens with zero attached hydrogens (tertiary/aromatic N) is 1. The second-order valence-corrected chi connectivity index (χ2v) is 5.98. The van der Waals surface area contributed by atoms with Crippen molar-refractivity contribution in [3.8, 4) is 0 Å². The molecule has 2 aliphatic rings. The van der Waals surface area contributed by atoms with E-state index < -0.39 is 17.0 Å². The average Bonchev–Trinajstić information content (AvgIpc) is 2.96. The van der Waals surface area contributed by atoms with Crippen LogP contribution < -0.4 is 0 Å². The number of nitro groups is 1. The number of fused-ring (bicyclic) bond motifs is 1. The second-order valence-electron chi connectivity index (χ2n) is 5.98. The first kappa shape index (κ1) is 16.1. The van der Waals surface area contributed by atoms with Gasteiger partial charge in [-0.25, -0.2) is 0 Å². The molecule has 2 saturated heterocycles. The molecule has 0 saturated carbocycles. The van der Waals surface area contributed by atoms with Crippen LogP contribution in [-0.2, 0) is 18.9 Å². The highest BCUT2D eigenvalue weighted by Crippen LogP contribution is 2.39. The molecular weight excluding hydrogens is 302 g/mol. The average molecular weight is 321 g/mol. The summed E-state index contributed by atoms with van der Waals surface area (Å²) in [7, 11) is 1.61. The quantitative estimate of drug-likeness (QED) is 0.626. The van der Waals surface area contributed by atoms with Crippen molar-refractivity contribution in [3.63, 3.8) is 0 Å². The fourth-order valence-electron chi connectivity index (χ4n) is 2.84. The molecule has 7 heteroatoms. The van der Waals surface area contributed by atoms with Crippen LogP contribution in [0.1, 0.15) is 19.4 Å². The molecule has 2 heterocycles. The van der Waals surface area contributed by atoms with E-state index in [-0.39, 0.29) is 24.0 Å². The van der Waals surface area contributed by atoms with Crippen LogP contribution in [0.25, 0.3) is 6.08 Å². The lowest BCUT2D eigenvalue weighted by Gasteiger charge is -2.23. The molecule has 0 aromatic heterocycles. The van der Waals surface area contributed by atoms with Crippen LogP contribution in [-0.4, -0.2) is 42.4 Å². The van der Waals surface area contributed by atoms with Crippen molar-refractivity contribution in [2.75, 3.05) is 7.11 Å². The van der Waals surface area contributed by atoms with Crippen LogP contribution in [0.2, 0.25) is 0 Å². The van der Waals surface area contributed by atoms with Gasteiger partial charge < -0.3 is 18.9 Å². The van der Waals surface area contributed by atoms with Crippen LogP contribution in [0.4, 0.5) is 5.69 Å². The van der Waals surface area contributed by atoms with Gasteiger partial charge in [-0.05, 0) is 31.5 Å². The van der Waals surface area contributed by atoms with E-state index in [2.05, 4.69) is 0 Å². The van der Waals surface area contributed by atoms with Gasteiger partial charge in [-0.15, -0.1) is 0 Å². The number of rotatable bonds is 4. The lowest BCUT2D eigenvalue weighted by Crippen LogP contribution is -2.35. The lowest BCUT2D eigenvalue weighted by atomic mass is 10.1. The Bertz CT molecular complexity index is 612. The molecule has 7 nitrogen and oxygen atoms in total. The Morgan fingerprint density at radius 3 is 2.57 bits per heavy atom. The van der Waals surface area contributed by atoms with Crippen molar-refractivity contribution in [3.05, 3.63) is 46.0 Å². The Balaban J connectivity index is 1.69. The molecule has 4 atom stereocenters. The zero-order valence-corrected chi connectivity index (χ0v) is 13.2. The van der Waals surface area contributed by atoms with Crippen molar-refractivity contribution >= 4 is 11.8 Å². The number of methoxy groups -OCH3 is 1. The highest BCUT2D eigenvalue weighted by molar-refractivity contribution is 5.52. The molecule has 0 amide bonds. The molecule has 1 aromatic carbocycles.